The van der Waals surface area contributed by atoms with E-state index >= 15 is 0 Å². The van der Waals surface area contributed by atoms with Crippen molar-refractivity contribution in [1.82, 2.24) is 16.0 Å². The zero-order valence-corrected chi connectivity index (χ0v) is 38.1. The summed E-state index contributed by atoms with van der Waals surface area (Å²) in [4.78, 5) is 91.1. The average molecular weight is 985 g/mol. The van der Waals surface area contributed by atoms with Gasteiger partial charge in [0.25, 0.3) is 0 Å². The van der Waals surface area contributed by atoms with Crippen LogP contribution in [0.2, 0.25) is 0 Å². The number of hydrogen-bond donors (Lipinski definition) is 3. The molecule has 0 unspecified atom stereocenters. The first kappa shape index (κ1) is 51.9. The van der Waals surface area contributed by atoms with Gasteiger partial charge in [-0.25, -0.2) is 19.2 Å². The number of nitrogens with one attached hydrogen (secondary N) is 3. The quantitative estimate of drug-likeness (QED) is 0.0378. The normalized spacial score (nSPS) is 17.8. The number of esters is 5. The summed E-state index contributed by atoms with van der Waals surface area (Å²) >= 11 is 16.7. The second kappa shape index (κ2) is 26.9. The van der Waals surface area contributed by atoms with E-state index in [1.165, 1.54) is 36.4 Å². The fourth-order valence-corrected chi connectivity index (χ4v) is 6.45. The first-order valence-corrected chi connectivity index (χ1v) is 22.1. The lowest BCUT2D eigenvalue weighted by atomic mass is 9.97. The number of halogens is 3. The molecule has 5 atom stereocenters. The van der Waals surface area contributed by atoms with Crippen LogP contribution in [0.5, 0.6) is 0 Å². The summed E-state index contributed by atoms with van der Waals surface area (Å²) in [5.41, 5.74) is 0.596. The van der Waals surface area contributed by atoms with E-state index in [-0.39, 0.29) is 86.1 Å². The van der Waals surface area contributed by atoms with Gasteiger partial charge in [-0.15, -0.1) is 0 Å². The second-order valence-corrected chi connectivity index (χ2v) is 17.1. The fourth-order valence-electron chi connectivity index (χ4n) is 6.28. The molecule has 356 valence electrons. The minimum absolute atomic E-state index is 0.0286. The topological polar surface area (TPSA) is 220 Å². The van der Waals surface area contributed by atoms with Gasteiger partial charge in [0, 0.05) is 26.1 Å². The molecule has 0 saturated carbocycles. The summed E-state index contributed by atoms with van der Waals surface area (Å²) in [6, 6.07) is 31.9. The number of rotatable bonds is 23. The standard InChI is InChI=1S/C47H48Cl3N3O14/c48-47(49,50)30-63-38(56)23-25-51-28-37(55)52-24-13-22-36(54)53-26-27-61-46-41(67-45(60)34-20-11-4-12-21-34)40(66-44(59)33-18-9-3-10-19-33)39(65-43(58)32-16-7-2-8-17-32)35(64-46)29-62-42(57)31-14-5-1-6-15-31/h1-12,14-21,35,39-41,46,51H,13,22-30H2,(H,52,55)(H,53,54)/t35-,39+,40+,41-,46-/m1/s1. The SMILES string of the molecule is O=C(CCCNC(=O)CNCCC(=O)OCC(Cl)(Cl)Cl)NCCO[C@@H]1O[C@H](COC(=O)c2ccccc2)[C@H](OC(=O)c2ccccc2)[C@H](OC(=O)c2ccccc2)[C@H]1OC(=O)c1ccccc1. The van der Waals surface area contributed by atoms with E-state index in [1.54, 1.807) is 84.9 Å². The first-order chi connectivity index (χ1) is 32.3. The largest absolute Gasteiger partial charge is 0.461 e. The van der Waals surface area contributed by atoms with E-state index in [1.807, 2.05) is 0 Å². The number of amides is 2. The zero-order valence-electron chi connectivity index (χ0n) is 35.9. The van der Waals surface area contributed by atoms with E-state index in [2.05, 4.69) is 16.0 Å². The summed E-state index contributed by atoms with van der Waals surface area (Å²) < 4.78 is 39.3. The average Bonchev–Trinajstić information content (AvgIpc) is 3.34. The Bertz CT molecular complexity index is 2240. The summed E-state index contributed by atoms with van der Waals surface area (Å²) in [6.07, 6.45) is -7.46. The lowest BCUT2D eigenvalue weighted by molar-refractivity contribution is -0.297. The third-order valence-corrected chi connectivity index (χ3v) is 9.86. The van der Waals surface area contributed by atoms with Crippen LogP contribution < -0.4 is 16.0 Å². The lowest BCUT2D eigenvalue weighted by Crippen LogP contribution is -2.63. The molecule has 1 heterocycles. The molecule has 3 N–H and O–H groups in total. The predicted octanol–water partition coefficient (Wildman–Crippen LogP) is 5.17. The molecule has 1 aliphatic heterocycles. The summed E-state index contributed by atoms with van der Waals surface area (Å²) in [7, 11) is 0. The van der Waals surface area contributed by atoms with Crippen LogP contribution in [-0.4, -0.2) is 122 Å². The molecule has 2 amide bonds. The van der Waals surface area contributed by atoms with E-state index in [0.717, 1.165) is 0 Å². The molecule has 20 heteroatoms. The van der Waals surface area contributed by atoms with Crippen LogP contribution in [0.25, 0.3) is 0 Å². The number of ether oxygens (including phenoxy) is 7. The maximum atomic E-state index is 13.8. The molecule has 4 aromatic rings. The van der Waals surface area contributed by atoms with Crippen LogP contribution in [0.1, 0.15) is 60.7 Å². The van der Waals surface area contributed by atoms with Gasteiger partial charge >= 0.3 is 29.8 Å². The van der Waals surface area contributed by atoms with Crippen LogP contribution >= 0.6 is 34.8 Å². The Morgan fingerprint density at radius 1 is 0.537 bits per heavy atom. The van der Waals surface area contributed by atoms with E-state index in [0.29, 0.717) is 0 Å². The molecule has 17 nitrogen and oxygen atoms in total. The molecule has 1 saturated heterocycles. The minimum atomic E-state index is -1.73. The molecule has 5 rings (SSSR count). The Hall–Kier alpha value is -6.08. The van der Waals surface area contributed by atoms with Gasteiger partial charge in [-0.3, -0.25) is 14.4 Å². The molecule has 1 aliphatic rings. The smallest absolute Gasteiger partial charge is 0.338 e. The van der Waals surface area contributed by atoms with E-state index < -0.39 is 77.6 Å². The Kier molecular flexibility index (Phi) is 20.8. The fraction of sp³-hybridized carbons (Fsp3) is 0.340. The van der Waals surface area contributed by atoms with Crippen molar-refractivity contribution in [2.75, 3.05) is 46.0 Å². The molecule has 67 heavy (non-hydrogen) atoms. The highest BCUT2D eigenvalue weighted by atomic mass is 35.6. The van der Waals surface area contributed by atoms with Crippen molar-refractivity contribution in [3.05, 3.63) is 144 Å². The van der Waals surface area contributed by atoms with Crippen molar-refractivity contribution in [1.29, 1.82) is 0 Å². The number of benzene rings is 4. The summed E-state index contributed by atoms with van der Waals surface area (Å²) in [5.74, 6) is -4.67. The van der Waals surface area contributed by atoms with E-state index in [9.17, 15) is 33.6 Å². The van der Waals surface area contributed by atoms with Crippen LogP contribution in [0.3, 0.4) is 0 Å². The number of carbonyl (C=O) groups is 7. The maximum Gasteiger partial charge on any atom is 0.338 e. The van der Waals surface area contributed by atoms with Crippen molar-refractivity contribution in [3.8, 4) is 0 Å². The van der Waals surface area contributed by atoms with Crippen molar-refractivity contribution in [2.45, 2.75) is 53.8 Å². The molecule has 1 fully saturated rings. The third kappa shape index (κ3) is 17.9. The van der Waals surface area contributed by atoms with Crippen molar-refractivity contribution >= 4 is 76.5 Å². The van der Waals surface area contributed by atoms with Crippen LogP contribution in [0, 0.1) is 0 Å². The minimum Gasteiger partial charge on any atom is -0.461 e. The van der Waals surface area contributed by atoms with Gasteiger partial charge in [-0.05, 0) is 55.0 Å². The van der Waals surface area contributed by atoms with Crippen molar-refractivity contribution < 1.29 is 66.7 Å². The Morgan fingerprint density at radius 2 is 1.01 bits per heavy atom. The van der Waals surface area contributed by atoms with Gasteiger partial charge in [0.1, 0.15) is 19.3 Å². The highest BCUT2D eigenvalue weighted by Gasteiger charge is 2.53. The van der Waals surface area contributed by atoms with Crippen LogP contribution in [0.4, 0.5) is 0 Å². The highest BCUT2D eigenvalue weighted by molar-refractivity contribution is 6.67. The molecular formula is C47H48Cl3N3O14. The van der Waals surface area contributed by atoms with Crippen LogP contribution in [-0.2, 0) is 47.5 Å². The predicted molar refractivity (Wildman–Crippen MR) is 242 cm³/mol. The number of carbonyl (C=O) groups excluding carboxylic acids is 7. The van der Waals surface area contributed by atoms with Crippen LogP contribution in [0.15, 0.2) is 121 Å². The first-order valence-electron chi connectivity index (χ1n) is 21.0. The third-order valence-electron chi connectivity index (χ3n) is 9.53. The van der Waals surface area contributed by atoms with Gasteiger partial charge < -0.3 is 49.1 Å². The van der Waals surface area contributed by atoms with E-state index in [4.69, 9.17) is 68.0 Å². The monoisotopic (exact) mass is 983 g/mol. The van der Waals surface area contributed by atoms with Gasteiger partial charge in [0.05, 0.1) is 41.8 Å². The molecule has 0 aromatic heterocycles. The highest BCUT2D eigenvalue weighted by Crippen LogP contribution is 2.32. The Labute approximate surface area is 400 Å². The van der Waals surface area contributed by atoms with Crippen molar-refractivity contribution in [3.63, 3.8) is 0 Å². The Balaban J connectivity index is 1.27. The molecule has 0 bridgehead atoms. The van der Waals surface area contributed by atoms with Crippen molar-refractivity contribution in [2.24, 2.45) is 0 Å². The lowest BCUT2D eigenvalue weighted by Gasteiger charge is -2.44. The van der Waals surface area contributed by atoms with Gasteiger partial charge in [0.15, 0.2) is 24.6 Å². The molecular weight excluding hydrogens is 937 g/mol. The second-order valence-electron chi connectivity index (χ2n) is 14.6. The van der Waals surface area contributed by atoms with Gasteiger partial charge in [-0.1, -0.05) is 108 Å². The molecule has 4 aromatic carbocycles. The summed E-state index contributed by atoms with van der Waals surface area (Å²) in [6.45, 7) is -1.03. The number of alkyl halides is 3. The maximum absolute atomic E-state index is 13.8. The van der Waals surface area contributed by atoms with Gasteiger partial charge in [0.2, 0.25) is 15.6 Å². The zero-order chi connectivity index (χ0) is 48.0. The molecule has 0 aliphatic carbocycles. The summed E-state index contributed by atoms with van der Waals surface area (Å²) in [5, 5.41) is 8.16. The van der Waals surface area contributed by atoms with Gasteiger partial charge in [-0.2, -0.15) is 0 Å². The Morgan fingerprint density at radius 3 is 1.54 bits per heavy atom. The number of hydrogen-bond acceptors (Lipinski definition) is 15. The molecule has 0 spiro atoms. The molecule has 0 radical (unpaired) electrons.